The quantitative estimate of drug-likeness (QED) is 0.346. The van der Waals surface area contributed by atoms with Gasteiger partial charge in [0.2, 0.25) is 0 Å². The topological polar surface area (TPSA) is 95.1 Å². The van der Waals surface area contributed by atoms with Crippen molar-refractivity contribution in [3.05, 3.63) is 87.7 Å². The molecule has 0 saturated heterocycles. The number of aliphatic carboxylic acids is 1. The number of carbonyl (C=O) groups excluding carboxylic acids is 1. The van der Waals surface area contributed by atoms with E-state index < -0.39 is 5.97 Å². The maximum Gasteiger partial charge on any atom is 0.307 e. The predicted octanol–water partition coefficient (Wildman–Crippen LogP) is 5.47. The number of hydrogen-bond acceptors (Lipinski definition) is 4. The van der Waals surface area contributed by atoms with Gasteiger partial charge in [0.25, 0.3) is 0 Å². The molecule has 30 heavy (non-hydrogen) atoms. The number of anilines is 2. The first-order valence-electron chi connectivity index (χ1n) is 8.95. The summed E-state index contributed by atoms with van der Waals surface area (Å²) in [5.41, 5.74) is 3.54. The molecule has 0 aliphatic heterocycles. The largest absolute Gasteiger partial charge is 0.481 e. The highest BCUT2D eigenvalue weighted by Gasteiger charge is 2.18. The summed E-state index contributed by atoms with van der Waals surface area (Å²) in [5.74, 6) is -1.12. The third-order valence-electron chi connectivity index (χ3n) is 4.55. The number of rotatable bonds is 6. The average molecular weight is 440 g/mol. The van der Waals surface area contributed by atoms with Crippen molar-refractivity contribution in [3.8, 4) is 0 Å². The number of aromatic amines is 1. The Balaban J connectivity index is 1.63. The summed E-state index contributed by atoms with van der Waals surface area (Å²) in [5, 5.41) is 13.5. The molecule has 8 heteroatoms. The number of halogens is 2. The Morgan fingerprint density at radius 2 is 1.77 bits per heavy atom. The Kier molecular flexibility index (Phi) is 5.44. The second kappa shape index (κ2) is 8.18. The molecule has 2 aromatic heterocycles. The molecule has 0 bridgehead atoms. The van der Waals surface area contributed by atoms with Crippen LogP contribution in [0.3, 0.4) is 0 Å². The minimum absolute atomic E-state index is 0.0319. The van der Waals surface area contributed by atoms with Crippen LogP contribution in [0.1, 0.15) is 21.5 Å². The van der Waals surface area contributed by atoms with E-state index in [-0.39, 0.29) is 17.2 Å². The highest BCUT2D eigenvalue weighted by atomic mass is 35.5. The van der Waals surface area contributed by atoms with Gasteiger partial charge in [-0.3, -0.25) is 9.59 Å². The van der Waals surface area contributed by atoms with Crippen LogP contribution >= 0.6 is 23.2 Å². The molecule has 3 N–H and O–H groups in total. The molecule has 0 unspecified atom stereocenters. The van der Waals surface area contributed by atoms with Crippen LogP contribution in [0, 0.1) is 0 Å². The van der Waals surface area contributed by atoms with Crippen LogP contribution in [0.4, 0.5) is 11.4 Å². The number of ketones is 1. The molecule has 150 valence electrons. The smallest absolute Gasteiger partial charge is 0.307 e. The van der Waals surface area contributed by atoms with E-state index in [9.17, 15) is 9.59 Å². The van der Waals surface area contributed by atoms with Gasteiger partial charge in [0.15, 0.2) is 5.78 Å². The highest BCUT2D eigenvalue weighted by molar-refractivity contribution is 6.38. The van der Waals surface area contributed by atoms with E-state index in [1.54, 1.807) is 48.8 Å². The lowest BCUT2D eigenvalue weighted by atomic mass is 10.0. The maximum absolute atomic E-state index is 13.0. The zero-order valence-corrected chi connectivity index (χ0v) is 17.0. The molecule has 2 heterocycles. The van der Waals surface area contributed by atoms with Crippen molar-refractivity contribution in [2.45, 2.75) is 6.42 Å². The maximum atomic E-state index is 13.0. The molecule has 6 nitrogen and oxygen atoms in total. The number of nitrogens with one attached hydrogen (secondary N) is 2. The van der Waals surface area contributed by atoms with Crippen molar-refractivity contribution in [1.29, 1.82) is 0 Å². The van der Waals surface area contributed by atoms with E-state index in [0.717, 1.165) is 5.69 Å². The highest BCUT2D eigenvalue weighted by Crippen LogP contribution is 2.28. The number of nitrogens with zero attached hydrogens (tertiary/aromatic N) is 1. The summed E-state index contributed by atoms with van der Waals surface area (Å²) < 4.78 is 0. The first kappa shape index (κ1) is 19.9. The minimum Gasteiger partial charge on any atom is -0.481 e. The Morgan fingerprint density at radius 3 is 2.47 bits per heavy atom. The Bertz CT molecular complexity index is 1270. The van der Waals surface area contributed by atoms with Crippen molar-refractivity contribution in [3.63, 3.8) is 0 Å². The summed E-state index contributed by atoms with van der Waals surface area (Å²) in [6.07, 6.45) is 3.22. The fourth-order valence-corrected chi connectivity index (χ4v) is 3.62. The number of hydrogen-bond donors (Lipinski definition) is 3. The van der Waals surface area contributed by atoms with Gasteiger partial charge >= 0.3 is 5.97 Å². The van der Waals surface area contributed by atoms with Gasteiger partial charge in [-0.1, -0.05) is 35.3 Å². The van der Waals surface area contributed by atoms with E-state index in [4.69, 9.17) is 28.3 Å². The van der Waals surface area contributed by atoms with E-state index in [2.05, 4.69) is 15.3 Å². The number of benzene rings is 2. The van der Waals surface area contributed by atoms with Gasteiger partial charge in [0, 0.05) is 33.4 Å². The monoisotopic (exact) mass is 439 g/mol. The average Bonchev–Trinajstić information content (AvgIpc) is 3.12. The fraction of sp³-hybridized carbons (Fsp3) is 0.0455. The lowest BCUT2D eigenvalue weighted by Gasteiger charge is -2.08. The van der Waals surface area contributed by atoms with Gasteiger partial charge in [-0.25, -0.2) is 4.98 Å². The minimum atomic E-state index is -0.879. The lowest BCUT2D eigenvalue weighted by molar-refractivity contribution is -0.136. The molecule has 0 aliphatic carbocycles. The normalized spacial score (nSPS) is 10.9. The molecular formula is C22H15Cl2N3O3. The van der Waals surface area contributed by atoms with Gasteiger partial charge in [0.05, 0.1) is 23.3 Å². The molecule has 4 rings (SSSR count). The van der Waals surface area contributed by atoms with Crippen LogP contribution in [0.2, 0.25) is 10.0 Å². The van der Waals surface area contributed by atoms with Crippen LogP contribution in [0.15, 0.2) is 60.9 Å². The van der Waals surface area contributed by atoms with Crippen LogP contribution in [0.25, 0.3) is 11.0 Å². The van der Waals surface area contributed by atoms with Crippen LogP contribution < -0.4 is 5.32 Å². The third kappa shape index (κ3) is 4.15. The molecular weight excluding hydrogens is 425 g/mol. The first-order valence-corrected chi connectivity index (χ1v) is 9.71. The molecule has 0 atom stereocenters. The first-order chi connectivity index (χ1) is 14.4. The van der Waals surface area contributed by atoms with E-state index in [1.165, 1.54) is 6.07 Å². The molecule has 0 aliphatic rings. The second-order valence-electron chi connectivity index (χ2n) is 6.67. The number of carboxylic acid groups (broad SMARTS) is 1. The van der Waals surface area contributed by atoms with Crippen molar-refractivity contribution < 1.29 is 14.7 Å². The van der Waals surface area contributed by atoms with Crippen molar-refractivity contribution >= 4 is 57.4 Å². The molecule has 0 saturated carbocycles. The second-order valence-corrected chi connectivity index (χ2v) is 7.51. The van der Waals surface area contributed by atoms with E-state index >= 15 is 0 Å². The van der Waals surface area contributed by atoms with Gasteiger partial charge in [-0.15, -0.1) is 0 Å². The molecule has 0 radical (unpaired) electrons. The molecule has 2 aromatic carbocycles. The van der Waals surface area contributed by atoms with E-state index in [0.29, 0.717) is 38.4 Å². The van der Waals surface area contributed by atoms with Gasteiger partial charge in [-0.2, -0.15) is 0 Å². The van der Waals surface area contributed by atoms with Gasteiger partial charge in [-0.05, 0) is 42.0 Å². The molecule has 0 amide bonds. The number of H-pyrrole nitrogens is 1. The Labute approximate surface area is 181 Å². The lowest BCUT2D eigenvalue weighted by Crippen LogP contribution is -2.02. The number of fused-ring (bicyclic) bond motifs is 1. The number of carboxylic acids is 1. The van der Waals surface area contributed by atoms with Gasteiger partial charge < -0.3 is 15.4 Å². The molecule has 4 aromatic rings. The van der Waals surface area contributed by atoms with Crippen LogP contribution in [-0.2, 0) is 11.2 Å². The molecule has 0 spiro atoms. The summed E-state index contributed by atoms with van der Waals surface area (Å²) in [4.78, 5) is 31.2. The molecule has 0 fully saturated rings. The fourth-order valence-electron chi connectivity index (χ4n) is 3.13. The van der Waals surface area contributed by atoms with E-state index in [1.807, 2.05) is 6.07 Å². The SMILES string of the molecule is O=C(O)Cc1ccc(Nc2cnc3[nH]cc(C(=O)c4ccc(Cl)cc4Cl)c3c2)cc1. The Hall–Kier alpha value is -3.35. The summed E-state index contributed by atoms with van der Waals surface area (Å²) in [6.45, 7) is 0. The van der Waals surface area contributed by atoms with Crippen LogP contribution in [-0.4, -0.2) is 26.8 Å². The summed E-state index contributed by atoms with van der Waals surface area (Å²) >= 11 is 12.1. The number of aromatic nitrogens is 2. The summed E-state index contributed by atoms with van der Waals surface area (Å²) in [7, 11) is 0. The van der Waals surface area contributed by atoms with Gasteiger partial charge in [0.1, 0.15) is 5.65 Å². The van der Waals surface area contributed by atoms with Crippen molar-refractivity contribution in [2.24, 2.45) is 0 Å². The van der Waals surface area contributed by atoms with Crippen LogP contribution in [0.5, 0.6) is 0 Å². The zero-order valence-electron chi connectivity index (χ0n) is 15.4. The zero-order chi connectivity index (χ0) is 21.3. The Morgan fingerprint density at radius 1 is 1.00 bits per heavy atom. The summed E-state index contributed by atoms with van der Waals surface area (Å²) in [6, 6.07) is 13.6. The number of pyridine rings is 1. The van der Waals surface area contributed by atoms with Crippen molar-refractivity contribution in [1.82, 2.24) is 9.97 Å². The predicted molar refractivity (Wildman–Crippen MR) is 117 cm³/mol. The number of carbonyl (C=O) groups is 2. The van der Waals surface area contributed by atoms with Crippen molar-refractivity contribution in [2.75, 3.05) is 5.32 Å². The third-order valence-corrected chi connectivity index (χ3v) is 5.10. The standard InChI is InChI=1S/C22H15Cl2N3O3/c23-13-3-6-16(19(24)8-13)21(30)18-11-26-22-17(18)9-15(10-25-22)27-14-4-1-12(2-5-14)7-20(28)29/h1-6,8-11,27H,7H2,(H,25,26)(H,28,29).